The smallest absolute Gasteiger partial charge is 0.0384 e. The molecule has 104 valence electrons. The average molecular weight is 278 g/mol. The van der Waals surface area contributed by atoms with E-state index in [1.165, 1.54) is 0 Å². The van der Waals surface area contributed by atoms with Crippen molar-refractivity contribution >= 4 is 5.69 Å². The molecule has 4 atom stereocenters. The molecular formula is C18H27N. The first kappa shape index (κ1) is 3.26. The number of anilines is 1. The van der Waals surface area contributed by atoms with Crippen LogP contribution in [0.1, 0.15) is 114 Å². The van der Waals surface area contributed by atoms with Gasteiger partial charge in [-0.15, -0.1) is 0 Å². The molecule has 1 aromatic carbocycles. The molecule has 0 heterocycles. The topological polar surface area (TPSA) is 26.0 Å². The molecule has 19 heavy (non-hydrogen) atoms. The Hall–Kier alpha value is -0.980. The van der Waals surface area contributed by atoms with Crippen molar-refractivity contribution in [2.75, 3.05) is 5.73 Å². The zero-order chi connectivity index (χ0) is 31.0. The van der Waals surface area contributed by atoms with E-state index in [2.05, 4.69) is 0 Å². The lowest BCUT2D eigenvalue weighted by atomic mass is 9.79. The first-order valence-electron chi connectivity index (χ1n) is 15.8. The van der Waals surface area contributed by atoms with Gasteiger partial charge >= 0.3 is 0 Å². The van der Waals surface area contributed by atoms with Gasteiger partial charge in [-0.05, 0) is 48.5 Å². The number of nitrogens with two attached hydrogens (primary N) is 1. The van der Waals surface area contributed by atoms with Gasteiger partial charge in [-0.3, -0.25) is 0 Å². The number of rotatable bonds is 2. The molecule has 0 bridgehead atoms. The minimum atomic E-state index is -3.76. The highest BCUT2D eigenvalue weighted by atomic mass is 14.6. The van der Waals surface area contributed by atoms with Crippen molar-refractivity contribution in [2.45, 2.75) is 75.6 Å². The summed E-state index contributed by atoms with van der Waals surface area (Å²) in [6, 6.07) is 2.62. The minimum Gasteiger partial charge on any atom is -0.398 e. The lowest BCUT2D eigenvalue weighted by Crippen LogP contribution is -2.12. The zero-order valence-corrected chi connectivity index (χ0v) is 9.96. The third-order valence-corrected chi connectivity index (χ3v) is 2.78. The van der Waals surface area contributed by atoms with Crippen LogP contribution in [0.25, 0.3) is 0 Å². The van der Waals surface area contributed by atoms with Gasteiger partial charge in [-0.1, -0.05) is 56.4 Å². The standard InChI is InChI=1S/C18H27N/c19-18-16(14-8-3-1-4-9-14)12-7-13-17(18)15-10-5-2-6-11-15/h7,12-15H,1-6,8-11,19H2/i1D2,2D2,3D2,4D2,5D2,6D2,8D,9D2,10D,11D2,14D,15D. The SMILES string of the molecule is [2H]C1C([2H])([2H])C([2H])([2H])C([2H])([2H])C([2H])([2H])C1([2H])c1cccc(C2([2H])C([2H])C([2H])([2H])C([2H])([2H])C([2H])([2H])C2([2H])[2H])c1N. The van der Waals surface area contributed by atoms with Crippen LogP contribution in [0.2, 0.25) is 0 Å². The fourth-order valence-electron chi connectivity index (χ4n) is 1.88. The van der Waals surface area contributed by atoms with Crippen LogP contribution in [-0.2, 0) is 0 Å². The summed E-state index contributed by atoms with van der Waals surface area (Å²) in [5, 5.41) is 0. The van der Waals surface area contributed by atoms with Crippen LogP contribution >= 0.6 is 0 Å². The Kier molecular flexibility index (Phi) is 1.03. The van der Waals surface area contributed by atoms with Crippen LogP contribution in [0, 0.1) is 0 Å². The maximum atomic E-state index is 8.94. The normalized spacial score (nSPS) is 80.4. The Balaban J connectivity index is 2.44. The molecule has 0 aromatic heterocycles. The fraction of sp³-hybridized carbons (Fsp3) is 0.667. The van der Waals surface area contributed by atoms with Gasteiger partial charge in [-0.2, -0.15) is 0 Å². The van der Waals surface area contributed by atoms with Crippen molar-refractivity contribution in [1.29, 1.82) is 0 Å². The molecule has 0 radical (unpaired) electrons. The fourth-order valence-corrected chi connectivity index (χ4v) is 1.88. The summed E-state index contributed by atoms with van der Waals surface area (Å²) >= 11 is 0. The molecule has 2 aliphatic carbocycles. The molecule has 2 fully saturated rings. The Morgan fingerprint density at radius 1 is 0.895 bits per heavy atom. The molecule has 1 nitrogen and oxygen atoms in total. The molecule has 1 aromatic rings. The first-order chi connectivity index (χ1) is 16.9. The lowest BCUT2D eigenvalue weighted by molar-refractivity contribution is 0.437. The maximum absolute atomic E-state index is 8.94. The van der Waals surface area contributed by atoms with Crippen LogP contribution in [0.4, 0.5) is 5.69 Å². The van der Waals surface area contributed by atoms with Crippen molar-refractivity contribution in [3.8, 4) is 0 Å². The summed E-state index contributed by atoms with van der Waals surface area (Å²) in [6.45, 7) is 0. The van der Waals surface area contributed by atoms with Gasteiger partial charge in [0.1, 0.15) is 0 Å². The van der Waals surface area contributed by atoms with Crippen molar-refractivity contribution < 1.29 is 27.4 Å². The van der Waals surface area contributed by atoms with Gasteiger partial charge < -0.3 is 5.73 Å². The molecule has 0 aliphatic heterocycles. The van der Waals surface area contributed by atoms with Gasteiger partial charge in [-0.25, -0.2) is 0 Å². The average Bonchev–Trinajstić information content (AvgIpc) is 2.79. The predicted molar refractivity (Wildman–Crippen MR) is 82.5 cm³/mol. The molecule has 0 spiro atoms. The van der Waals surface area contributed by atoms with E-state index in [-0.39, 0.29) is 0 Å². The number of benzene rings is 1. The maximum Gasteiger partial charge on any atom is 0.0384 e. The summed E-state index contributed by atoms with van der Waals surface area (Å²) in [5.41, 5.74) is 3.41. The Morgan fingerprint density at radius 3 is 1.95 bits per heavy atom. The molecule has 4 unspecified atom stereocenters. The van der Waals surface area contributed by atoms with Crippen LogP contribution < -0.4 is 5.73 Å². The summed E-state index contributed by atoms with van der Waals surface area (Å²) in [7, 11) is 0. The molecule has 0 saturated heterocycles. The van der Waals surface area contributed by atoms with Gasteiger partial charge in [0.2, 0.25) is 0 Å². The highest BCUT2D eigenvalue weighted by Gasteiger charge is 2.22. The van der Waals surface area contributed by atoms with Crippen LogP contribution in [0.3, 0.4) is 0 Å². The highest BCUT2D eigenvalue weighted by molar-refractivity contribution is 5.57. The van der Waals surface area contributed by atoms with Crippen LogP contribution in [0.5, 0.6) is 0 Å². The quantitative estimate of drug-likeness (QED) is 0.723. The highest BCUT2D eigenvalue weighted by Crippen LogP contribution is 2.41. The van der Waals surface area contributed by atoms with E-state index in [4.69, 9.17) is 33.1 Å². The number of hydrogen-bond acceptors (Lipinski definition) is 1. The van der Waals surface area contributed by atoms with E-state index < -0.39 is 92.4 Å². The monoisotopic (exact) mass is 277 g/mol. The Morgan fingerprint density at radius 2 is 1.42 bits per heavy atom. The summed E-state index contributed by atoms with van der Waals surface area (Å²) in [4.78, 5) is 0. The zero-order valence-electron chi connectivity index (χ0n) is 30.0. The first-order valence-corrected chi connectivity index (χ1v) is 5.69. The van der Waals surface area contributed by atoms with Gasteiger partial charge in [0.25, 0.3) is 0 Å². The molecule has 2 saturated carbocycles. The predicted octanol–water partition coefficient (Wildman–Crippen LogP) is 5.36. The second-order valence-electron chi connectivity index (χ2n) is 3.92. The molecule has 1 heteroatoms. The summed E-state index contributed by atoms with van der Waals surface area (Å²) in [6.07, 6.45) is -34.6. The largest absolute Gasteiger partial charge is 0.398 e. The van der Waals surface area contributed by atoms with E-state index in [1.807, 2.05) is 0 Å². The number of nitrogen functional groups attached to an aromatic ring is 1. The number of para-hydroxylation sites is 1. The lowest BCUT2D eigenvalue weighted by Gasteiger charge is -2.28. The van der Waals surface area contributed by atoms with E-state index in [0.29, 0.717) is 0 Å². The van der Waals surface area contributed by atoms with Gasteiger partial charge in [0, 0.05) is 33.1 Å². The van der Waals surface area contributed by atoms with Crippen molar-refractivity contribution in [2.24, 2.45) is 0 Å². The van der Waals surface area contributed by atoms with E-state index in [9.17, 15) is 0 Å². The van der Waals surface area contributed by atoms with E-state index in [1.54, 1.807) is 0 Å². The number of hydrogen-bond donors (Lipinski definition) is 1. The van der Waals surface area contributed by atoms with Crippen molar-refractivity contribution in [3.05, 3.63) is 29.3 Å². The van der Waals surface area contributed by atoms with Crippen molar-refractivity contribution in [3.63, 3.8) is 0 Å². The summed E-state index contributed by atoms with van der Waals surface area (Å²) in [5.74, 6) is -6.73. The van der Waals surface area contributed by atoms with Crippen LogP contribution in [0.15, 0.2) is 18.2 Å². The second kappa shape index (κ2) is 5.98. The molecule has 3 rings (SSSR count). The minimum absolute atomic E-state index is 0.849. The van der Waals surface area contributed by atoms with Crippen molar-refractivity contribution in [1.82, 2.24) is 0 Å². The Bertz CT molecular complexity index is 1090. The van der Waals surface area contributed by atoms with Gasteiger partial charge in [0.05, 0.1) is 0 Å². The third kappa shape index (κ3) is 2.80. The molecule has 0 amide bonds. The molecule has 2 aliphatic rings. The van der Waals surface area contributed by atoms with E-state index >= 15 is 0 Å². The molecular weight excluding hydrogens is 230 g/mol. The summed E-state index contributed by atoms with van der Waals surface area (Å²) < 4.78 is 165. The van der Waals surface area contributed by atoms with Gasteiger partial charge in [0.15, 0.2) is 0 Å². The van der Waals surface area contributed by atoms with E-state index in [0.717, 1.165) is 18.2 Å². The third-order valence-electron chi connectivity index (χ3n) is 2.78. The molecule has 2 N–H and O–H groups in total. The second-order valence-corrected chi connectivity index (χ2v) is 3.92. The van der Waals surface area contributed by atoms with Crippen LogP contribution in [-0.4, -0.2) is 0 Å². The Labute approximate surface area is 145 Å².